The fourth-order valence-electron chi connectivity index (χ4n) is 2.29. The van der Waals surface area contributed by atoms with Crippen molar-refractivity contribution >= 4 is 11.4 Å². The summed E-state index contributed by atoms with van der Waals surface area (Å²) >= 11 is 0. The summed E-state index contributed by atoms with van der Waals surface area (Å²) in [6.07, 6.45) is 2.58. The second kappa shape index (κ2) is 5.36. The molecular weight excluding hydrogens is 217 g/mol. The van der Waals surface area contributed by atoms with Gasteiger partial charge in [-0.3, -0.25) is 4.90 Å². The van der Waals surface area contributed by atoms with E-state index in [2.05, 4.69) is 17.1 Å². The number of likely N-dealkylation sites (tertiary alicyclic amines) is 1. The summed E-state index contributed by atoms with van der Waals surface area (Å²) in [6.45, 7) is 5.37. The summed E-state index contributed by atoms with van der Waals surface area (Å²) in [7, 11) is 0. The number of rotatable bonds is 4. The number of hydrogen-bond acceptors (Lipinski definition) is 3. The summed E-state index contributed by atoms with van der Waals surface area (Å²) in [5.74, 6) is -0.290. The van der Waals surface area contributed by atoms with E-state index in [9.17, 15) is 4.39 Å². The van der Waals surface area contributed by atoms with Crippen LogP contribution >= 0.6 is 0 Å². The second-order valence-electron chi connectivity index (χ2n) is 4.75. The van der Waals surface area contributed by atoms with Crippen LogP contribution < -0.4 is 11.1 Å². The van der Waals surface area contributed by atoms with Gasteiger partial charge in [0, 0.05) is 24.0 Å². The van der Waals surface area contributed by atoms with Crippen LogP contribution in [0.25, 0.3) is 0 Å². The molecule has 0 spiro atoms. The lowest BCUT2D eigenvalue weighted by atomic mass is 10.2. The van der Waals surface area contributed by atoms with Crippen LogP contribution in [0.3, 0.4) is 0 Å². The summed E-state index contributed by atoms with van der Waals surface area (Å²) in [5, 5.41) is 3.24. The lowest BCUT2D eigenvalue weighted by Crippen LogP contribution is -2.35. The van der Waals surface area contributed by atoms with Gasteiger partial charge >= 0.3 is 0 Å². The minimum absolute atomic E-state index is 0.290. The summed E-state index contributed by atoms with van der Waals surface area (Å²) < 4.78 is 13.1. The van der Waals surface area contributed by atoms with E-state index in [0.717, 1.165) is 12.2 Å². The van der Waals surface area contributed by atoms with Gasteiger partial charge in [0.05, 0.1) is 0 Å². The van der Waals surface area contributed by atoms with Gasteiger partial charge in [-0.25, -0.2) is 4.39 Å². The number of benzene rings is 1. The lowest BCUT2D eigenvalue weighted by Gasteiger charge is -2.24. The molecule has 2 rings (SSSR count). The van der Waals surface area contributed by atoms with Gasteiger partial charge in [0.25, 0.3) is 0 Å². The maximum Gasteiger partial charge on any atom is 0.127 e. The van der Waals surface area contributed by atoms with Crippen molar-refractivity contribution in [1.82, 2.24) is 4.90 Å². The molecule has 1 aliphatic rings. The van der Waals surface area contributed by atoms with Crippen LogP contribution in [0.15, 0.2) is 18.2 Å². The number of nitrogens with one attached hydrogen (secondary N) is 1. The van der Waals surface area contributed by atoms with Gasteiger partial charge < -0.3 is 11.1 Å². The van der Waals surface area contributed by atoms with Crippen LogP contribution in [0.1, 0.15) is 19.8 Å². The van der Waals surface area contributed by atoms with Crippen molar-refractivity contribution in [2.24, 2.45) is 0 Å². The van der Waals surface area contributed by atoms with E-state index in [1.54, 1.807) is 6.07 Å². The molecule has 1 aromatic carbocycles. The van der Waals surface area contributed by atoms with Gasteiger partial charge in [-0.15, -0.1) is 0 Å². The standard InChI is InChI=1S/C13H20FN3/c1-10(17-4-2-3-5-17)9-16-13-7-11(14)6-12(15)8-13/h6-8,10,16H,2-5,9,15H2,1H3. The first-order chi connectivity index (χ1) is 8.15. The Labute approximate surface area is 102 Å². The lowest BCUT2D eigenvalue weighted by molar-refractivity contribution is 0.269. The molecule has 4 heteroatoms. The van der Waals surface area contributed by atoms with Crippen molar-refractivity contribution in [2.75, 3.05) is 30.7 Å². The predicted molar refractivity (Wildman–Crippen MR) is 69.6 cm³/mol. The molecule has 17 heavy (non-hydrogen) atoms. The molecule has 1 atom stereocenters. The van der Waals surface area contributed by atoms with Crippen LogP contribution in [0.2, 0.25) is 0 Å². The third-order valence-corrected chi connectivity index (χ3v) is 3.29. The van der Waals surface area contributed by atoms with E-state index < -0.39 is 0 Å². The summed E-state index contributed by atoms with van der Waals surface area (Å²) in [5.41, 5.74) is 6.82. The molecule has 3 nitrogen and oxygen atoms in total. The highest BCUT2D eigenvalue weighted by molar-refractivity contribution is 5.54. The largest absolute Gasteiger partial charge is 0.399 e. The quantitative estimate of drug-likeness (QED) is 0.790. The number of anilines is 2. The van der Waals surface area contributed by atoms with E-state index in [-0.39, 0.29) is 5.82 Å². The monoisotopic (exact) mass is 237 g/mol. The second-order valence-corrected chi connectivity index (χ2v) is 4.75. The molecule has 0 aliphatic carbocycles. The number of nitrogen functional groups attached to an aromatic ring is 1. The molecule has 1 aromatic rings. The molecule has 1 fully saturated rings. The van der Waals surface area contributed by atoms with E-state index in [1.165, 1.54) is 38.1 Å². The molecule has 0 saturated carbocycles. The van der Waals surface area contributed by atoms with E-state index in [1.807, 2.05) is 0 Å². The van der Waals surface area contributed by atoms with Crippen LogP contribution in [-0.4, -0.2) is 30.6 Å². The SMILES string of the molecule is CC(CNc1cc(N)cc(F)c1)N1CCCC1. The van der Waals surface area contributed by atoms with Crippen molar-refractivity contribution in [3.63, 3.8) is 0 Å². The van der Waals surface area contributed by atoms with Gasteiger partial charge in [0.2, 0.25) is 0 Å². The first kappa shape index (κ1) is 12.2. The van der Waals surface area contributed by atoms with Crippen LogP contribution in [0.5, 0.6) is 0 Å². The summed E-state index contributed by atoms with van der Waals surface area (Å²) in [4.78, 5) is 2.45. The zero-order valence-corrected chi connectivity index (χ0v) is 10.2. The fourth-order valence-corrected chi connectivity index (χ4v) is 2.29. The predicted octanol–water partition coefficient (Wildman–Crippen LogP) is 2.30. The van der Waals surface area contributed by atoms with E-state index in [0.29, 0.717) is 11.7 Å². The number of nitrogens with two attached hydrogens (primary N) is 1. The van der Waals surface area contributed by atoms with Gasteiger partial charge in [-0.1, -0.05) is 0 Å². The number of hydrogen-bond donors (Lipinski definition) is 2. The third kappa shape index (κ3) is 3.33. The van der Waals surface area contributed by atoms with Crippen molar-refractivity contribution in [3.05, 3.63) is 24.0 Å². The number of halogens is 1. The Morgan fingerprint density at radius 1 is 1.35 bits per heavy atom. The summed E-state index contributed by atoms with van der Waals surface area (Å²) in [6, 6.07) is 5.05. The third-order valence-electron chi connectivity index (χ3n) is 3.29. The average Bonchev–Trinajstić information content (AvgIpc) is 2.78. The first-order valence-electron chi connectivity index (χ1n) is 6.19. The smallest absolute Gasteiger partial charge is 0.127 e. The van der Waals surface area contributed by atoms with E-state index in [4.69, 9.17) is 5.73 Å². The molecule has 0 bridgehead atoms. The molecule has 1 unspecified atom stereocenters. The molecule has 94 valence electrons. The molecule has 1 heterocycles. The van der Waals surface area contributed by atoms with E-state index >= 15 is 0 Å². The van der Waals surface area contributed by atoms with Crippen molar-refractivity contribution in [3.8, 4) is 0 Å². The maximum absolute atomic E-state index is 13.1. The average molecular weight is 237 g/mol. The Kier molecular flexibility index (Phi) is 3.84. The zero-order chi connectivity index (χ0) is 12.3. The Morgan fingerprint density at radius 3 is 2.71 bits per heavy atom. The molecule has 0 radical (unpaired) electrons. The highest BCUT2D eigenvalue weighted by atomic mass is 19.1. The number of nitrogens with zero attached hydrogens (tertiary/aromatic N) is 1. The van der Waals surface area contributed by atoms with Crippen molar-refractivity contribution in [2.45, 2.75) is 25.8 Å². The van der Waals surface area contributed by atoms with Crippen LogP contribution in [-0.2, 0) is 0 Å². The fraction of sp³-hybridized carbons (Fsp3) is 0.538. The topological polar surface area (TPSA) is 41.3 Å². The maximum atomic E-state index is 13.1. The molecular formula is C13H20FN3. The van der Waals surface area contributed by atoms with Gasteiger partial charge in [-0.05, 0) is 51.1 Å². The normalized spacial score (nSPS) is 18.2. The molecule has 3 N–H and O–H groups in total. The Bertz CT molecular complexity index is 355. The van der Waals surface area contributed by atoms with Crippen molar-refractivity contribution < 1.29 is 4.39 Å². The van der Waals surface area contributed by atoms with Gasteiger partial charge in [0.15, 0.2) is 0 Å². The highest BCUT2D eigenvalue weighted by Crippen LogP contribution is 2.16. The van der Waals surface area contributed by atoms with Crippen LogP contribution in [0.4, 0.5) is 15.8 Å². The minimum Gasteiger partial charge on any atom is -0.399 e. The molecule has 1 aliphatic heterocycles. The molecule has 1 saturated heterocycles. The molecule has 0 aromatic heterocycles. The Morgan fingerprint density at radius 2 is 2.06 bits per heavy atom. The molecule has 0 amide bonds. The Hall–Kier alpha value is -1.29. The van der Waals surface area contributed by atoms with Gasteiger partial charge in [0.1, 0.15) is 5.82 Å². The first-order valence-corrected chi connectivity index (χ1v) is 6.19. The zero-order valence-electron chi connectivity index (χ0n) is 10.2. The Balaban J connectivity index is 1.88. The van der Waals surface area contributed by atoms with Crippen LogP contribution in [0, 0.1) is 5.82 Å². The van der Waals surface area contributed by atoms with Crippen molar-refractivity contribution in [1.29, 1.82) is 0 Å². The van der Waals surface area contributed by atoms with Gasteiger partial charge in [-0.2, -0.15) is 0 Å². The minimum atomic E-state index is -0.290. The highest BCUT2D eigenvalue weighted by Gasteiger charge is 2.17.